The number of carbonyl (C=O) groups is 2. The smallest absolute Gasteiger partial charge is 0.335 e. The second-order valence-corrected chi connectivity index (χ2v) is 5.28. The Hall–Kier alpha value is -1.84. The lowest BCUT2D eigenvalue weighted by molar-refractivity contribution is 0.0695. The quantitative estimate of drug-likeness (QED) is 0.874. The third-order valence-electron chi connectivity index (χ3n) is 3.92. The van der Waals surface area contributed by atoms with Crippen LogP contribution < -0.4 is 0 Å². The van der Waals surface area contributed by atoms with Gasteiger partial charge in [0.2, 0.25) is 0 Å². The van der Waals surface area contributed by atoms with Crippen LogP contribution in [0, 0.1) is 12.8 Å². The van der Waals surface area contributed by atoms with Crippen LogP contribution >= 0.6 is 0 Å². The summed E-state index contributed by atoms with van der Waals surface area (Å²) in [6, 6.07) is 2.85. The Kier molecular flexibility index (Phi) is 3.88. The molecule has 1 aliphatic carbocycles. The average molecular weight is 262 g/mol. The van der Waals surface area contributed by atoms with Gasteiger partial charge in [0, 0.05) is 0 Å². The van der Waals surface area contributed by atoms with E-state index >= 15 is 0 Å². The lowest BCUT2D eigenvalue weighted by atomic mass is 9.90. The molecule has 19 heavy (non-hydrogen) atoms. The monoisotopic (exact) mass is 262 g/mol. The molecule has 0 radical (unpaired) electrons. The number of carboxylic acids is 2. The summed E-state index contributed by atoms with van der Waals surface area (Å²) in [7, 11) is 0. The topological polar surface area (TPSA) is 74.6 Å². The Morgan fingerprint density at radius 3 is 2.32 bits per heavy atom. The van der Waals surface area contributed by atoms with Crippen molar-refractivity contribution in [3.05, 3.63) is 34.4 Å². The third-order valence-corrected chi connectivity index (χ3v) is 3.92. The predicted octanol–water partition coefficient (Wildman–Crippen LogP) is 3.12. The van der Waals surface area contributed by atoms with Crippen LogP contribution in [0.2, 0.25) is 0 Å². The van der Waals surface area contributed by atoms with Gasteiger partial charge in [-0.1, -0.05) is 25.7 Å². The van der Waals surface area contributed by atoms with Crippen molar-refractivity contribution >= 4 is 11.9 Å². The van der Waals surface area contributed by atoms with Crippen LogP contribution in [0.1, 0.15) is 57.5 Å². The fraction of sp³-hybridized carbons (Fsp3) is 0.467. The van der Waals surface area contributed by atoms with Crippen molar-refractivity contribution in [2.75, 3.05) is 0 Å². The van der Waals surface area contributed by atoms with Gasteiger partial charge in [0.1, 0.15) is 0 Å². The molecule has 102 valence electrons. The maximum absolute atomic E-state index is 11.3. The van der Waals surface area contributed by atoms with E-state index < -0.39 is 11.9 Å². The van der Waals surface area contributed by atoms with E-state index in [1.807, 2.05) is 0 Å². The van der Waals surface area contributed by atoms with Crippen molar-refractivity contribution in [3.63, 3.8) is 0 Å². The maximum Gasteiger partial charge on any atom is 0.335 e. The molecular weight excluding hydrogens is 244 g/mol. The normalized spacial score (nSPS) is 15.6. The molecule has 0 amide bonds. The zero-order valence-electron chi connectivity index (χ0n) is 11.0. The molecule has 1 aliphatic rings. The van der Waals surface area contributed by atoms with E-state index in [1.165, 1.54) is 18.9 Å². The molecule has 0 saturated heterocycles. The van der Waals surface area contributed by atoms with E-state index in [1.54, 1.807) is 13.0 Å². The number of aryl methyl sites for hydroxylation is 1. The van der Waals surface area contributed by atoms with Gasteiger partial charge < -0.3 is 10.2 Å². The van der Waals surface area contributed by atoms with Crippen LogP contribution in [0.5, 0.6) is 0 Å². The summed E-state index contributed by atoms with van der Waals surface area (Å²) in [5, 5.41) is 18.3. The lowest BCUT2D eigenvalue weighted by Gasteiger charge is -2.15. The second kappa shape index (κ2) is 5.43. The number of benzene rings is 1. The molecule has 4 nitrogen and oxygen atoms in total. The molecule has 2 rings (SSSR count). The number of hydrogen-bond acceptors (Lipinski definition) is 2. The Morgan fingerprint density at radius 2 is 1.79 bits per heavy atom. The van der Waals surface area contributed by atoms with Gasteiger partial charge in [-0.3, -0.25) is 0 Å². The van der Waals surface area contributed by atoms with Crippen molar-refractivity contribution in [1.82, 2.24) is 0 Å². The van der Waals surface area contributed by atoms with Gasteiger partial charge in [0.05, 0.1) is 11.1 Å². The zero-order chi connectivity index (χ0) is 14.0. The van der Waals surface area contributed by atoms with Gasteiger partial charge >= 0.3 is 11.9 Å². The van der Waals surface area contributed by atoms with E-state index in [2.05, 4.69) is 0 Å². The average Bonchev–Trinajstić information content (AvgIpc) is 2.83. The van der Waals surface area contributed by atoms with Crippen molar-refractivity contribution in [1.29, 1.82) is 0 Å². The fourth-order valence-electron chi connectivity index (χ4n) is 2.91. The fourth-order valence-corrected chi connectivity index (χ4v) is 2.91. The van der Waals surface area contributed by atoms with Crippen LogP contribution in [-0.2, 0) is 6.42 Å². The van der Waals surface area contributed by atoms with Crippen LogP contribution in [-0.4, -0.2) is 22.2 Å². The van der Waals surface area contributed by atoms with Crippen molar-refractivity contribution in [2.45, 2.75) is 39.0 Å². The predicted molar refractivity (Wildman–Crippen MR) is 70.8 cm³/mol. The highest BCUT2D eigenvalue weighted by atomic mass is 16.4. The molecule has 2 N–H and O–H groups in total. The highest BCUT2D eigenvalue weighted by molar-refractivity contribution is 5.95. The molecule has 0 aromatic heterocycles. The first-order valence-corrected chi connectivity index (χ1v) is 6.59. The first kappa shape index (κ1) is 13.6. The summed E-state index contributed by atoms with van der Waals surface area (Å²) in [5.74, 6) is -1.59. The van der Waals surface area contributed by atoms with E-state index in [9.17, 15) is 14.7 Å². The Morgan fingerprint density at radius 1 is 1.16 bits per heavy atom. The number of hydrogen-bond donors (Lipinski definition) is 2. The first-order valence-electron chi connectivity index (χ1n) is 6.59. The molecule has 0 atom stereocenters. The van der Waals surface area contributed by atoms with Crippen LogP contribution in [0.25, 0.3) is 0 Å². The molecule has 1 aromatic rings. The van der Waals surface area contributed by atoms with E-state index in [0.717, 1.165) is 30.4 Å². The Bertz CT molecular complexity index is 513. The van der Waals surface area contributed by atoms with Gasteiger partial charge in [-0.2, -0.15) is 0 Å². The summed E-state index contributed by atoms with van der Waals surface area (Å²) in [5.41, 5.74) is 1.75. The van der Waals surface area contributed by atoms with Crippen LogP contribution in [0.3, 0.4) is 0 Å². The molecule has 4 heteroatoms. The summed E-state index contributed by atoms with van der Waals surface area (Å²) in [4.78, 5) is 22.3. The summed E-state index contributed by atoms with van der Waals surface area (Å²) >= 11 is 0. The van der Waals surface area contributed by atoms with Gasteiger partial charge in [0.15, 0.2) is 0 Å². The minimum atomic E-state index is -1.09. The molecule has 0 aliphatic heterocycles. The number of rotatable bonds is 4. The van der Waals surface area contributed by atoms with Crippen molar-refractivity contribution in [3.8, 4) is 0 Å². The van der Waals surface area contributed by atoms with Gasteiger partial charge in [-0.05, 0) is 42.5 Å². The molecule has 1 fully saturated rings. The van der Waals surface area contributed by atoms with E-state index in [0.29, 0.717) is 5.92 Å². The summed E-state index contributed by atoms with van der Waals surface area (Å²) in [6.07, 6.45) is 5.43. The van der Waals surface area contributed by atoms with Gasteiger partial charge in [-0.15, -0.1) is 0 Å². The molecule has 0 unspecified atom stereocenters. The third kappa shape index (κ3) is 2.95. The van der Waals surface area contributed by atoms with E-state index in [-0.39, 0.29) is 11.1 Å². The first-order chi connectivity index (χ1) is 8.99. The van der Waals surface area contributed by atoms with Crippen molar-refractivity contribution < 1.29 is 19.8 Å². The zero-order valence-corrected chi connectivity index (χ0v) is 11.0. The highest BCUT2D eigenvalue weighted by Crippen LogP contribution is 2.30. The largest absolute Gasteiger partial charge is 0.478 e. The Balaban J connectivity index is 2.39. The minimum Gasteiger partial charge on any atom is -0.478 e. The Labute approximate surface area is 112 Å². The molecular formula is C15H18O4. The standard InChI is InChI=1S/C15H18O4/c1-9-6-11(14(16)17)8-13(15(18)19)12(9)7-10-4-2-3-5-10/h6,8,10H,2-5,7H2,1H3,(H,16,17)(H,18,19). The van der Waals surface area contributed by atoms with E-state index in [4.69, 9.17) is 5.11 Å². The SMILES string of the molecule is Cc1cc(C(=O)O)cc(C(=O)O)c1CC1CCCC1. The molecule has 1 saturated carbocycles. The molecule has 0 bridgehead atoms. The van der Waals surface area contributed by atoms with Gasteiger partial charge in [0.25, 0.3) is 0 Å². The minimum absolute atomic E-state index is 0.0464. The molecule has 1 aromatic carbocycles. The number of aromatic carboxylic acids is 2. The number of carboxylic acid groups (broad SMARTS) is 2. The van der Waals surface area contributed by atoms with Gasteiger partial charge in [-0.25, -0.2) is 9.59 Å². The summed E-state index contributed by atoms with van der Waals surface area (Å²) < 4.78 is 0. The second-order valence-electron chi connectivity index (χ2n) is 5.28. The molecule has 0 heterocycles. The highest BCUT2D eigenvalue weighted by Gasteiger charge is 2.22. The van der Waals surface area contributed by atoms with Crippen LogP contribution in [0.15, 0.2) is 12.1 Å². The maximum atomic E-state index is 11.3. The summed E-state index contributed by atoms with van der Waals surface area (Å²) in [6.45, 7) is 1.79. The van der Waals surface area contributed by atoms with Crippen LogP contribution in [0.4, 0.5) is 0 Å². The molecule has 0 spiro atoms. The lowest BCUT2D eigenvalue weighted by Crippen LogP contribution is -2.11. The van der Waals surface area contributed by atoms with Crippen molar-refractivity contribution in [2.24, 2.45) is 5.92 Å².